The SMILES string of the molecule is N#CCOc1ccccc1C=C1N=C(c2ccc(NC(=O)c3cncc(Br)c3)cc2)OC1=O. The molecule has 1 aliphatic rings. The van der Waals surface area contributed by atoms with Gasteiger partial charge in [-0.05, 0) is 58.4 Å². The second-order valence-corrected chi connectivity index (χ2v) is 7.66. The number of benzene rings is 2. The zero-order valence-electron chi connectivity index (χ0n) is 17.0. The summed E-state index contributed by atoms with van der Waals surface area (Å²) in [5.41, 5.74) is 2.26. The van der Waals surface area contributed by atoms with Crippen LogP contribution in [0.2, 0.25) is 0 Å². The van der Waals surface area contributed by atoms with Crippen molar-refractivity contribution in [2.24, 2.45) is 4.99 Å². The number of amides is 1. The fraction of sp³-hybridized carbons (Fsp3) is 0.0417. The van der Waals surface area contributed by atoms with Crippen molar-refractivity contribution in [3.63, 3.8) is 0 Å². The van der Waals surface area contributed by atoms with E-state index in [4.69, 9.17) is 14.7 Å². The highest BCUT2D eigenvalue weighted by Gasteiger charge is 2.24. The number of cyclic esters (lactones) is 1. The topological polar surface area (TPSA) is 114 Å². The molecule has 1 aromatic heterocycles. The fourth-order valence-electron chi connectivity index (χ4n) is 2.96. The Balaban J connectivity index is 1.50. The van der Waals surface area contributed by atoms with Crippen LogP contribution in [0.15, 0.2) is 82.2 Å². The van der Waals surface area contributed by atoms with E-state index in [1.807, 2.05) is 6.07 Å². The van der Waals surface area contributed by atoms with E-state index in [9.17, 15) is 9.59 Å². The van der Waals surface area contributed by atoms with Crippen LogP contribution in [0.1, 0.15) is 21.5 Å². The van der Waals surface area contributed by atoms with Gasteiger partial charge in [-0.25, -0.2) is 9.79 Å². The van der Waals surface area contributed by atoms with Crippen LogP contribution in [0.25, 0.3) is 6.08 Å². The van der Waals surface area contributed by atoms with Crippen molar-refractivity contribution in [2.75, 3.05) is 11.9 Å². The molecule has 1 amide bonds. The minimum atomic E-state index is -0.598. The lowest BCUT2D eigenvalue weighted by Gasteiger charge is -2.06. The molecule has 0 saturated heterocycles. The predicted molar refractivity (Wildman–Crippen MR) is 124 cm³/mol. The molecule has 4 rings (SSSR count). The molecule has 0 radical (unpaired) electrons. The second-order valence-electron chi connectivity index (χ2n) is 6.74. The molecule has 0 spiro atoms. The number of nitrogens with zero attached hydrogens (tertiary/aromatic N) is 3. The van der Waals surface area contributed by atoms with E-state index >= 15 is 0 Å². The Morgan fingerprint density at radius 1 is 1.18 bits per heavy atom. The number of hydrogen-bond donors (Lipinski definition) is 1. The van der Waals surface area contributed by atoms with Crippen molar-refractivity contribution in [3.8, 4) is 11.8 Å². The summed E-state index contributed by atoms with van der Waals surface area (Å²) in [5, 5.41) is 11.5. The van der Waals surface area contributed by atoms with Gasteiger partial charge < -0.3 is 14.8 Å². The van der Waals surface area contributed by atoms with E-state index in [1.54, 1.807) is 66.9 Å². The van der Waals surface area contributed by atoms with E-state index in [-0.39, 0.29) is 24.1 Å². The second kappa shape index (κ2) is 9.89. The smallest absolute Gasteiger partial charge is 0.363 e. The number of ether oxygens (including phenoxy) is 2. The molecule has 0 atom stereocenters. The van der Waals surface area contributed by atoms with Crippen LogP contribution >= 0.6 is 15.9 Å². The van der Waals surface area contributed by atoms with Gasteiger partial charge >= 0.3 is 5.97 Å². The summed E-state index contributed by atoms with van der Waals surface area (Å²) in [7, 11) is 0. The molecule has 0 fully saturated rings. The summed E-state index contributed by atoms with van der Waals surface area (Å²) < 4.78 is 11.4. The highest BCUT2D eigenvalue weighted by Crippen LogP contribution is 2.25. The summed E-state index contributed by atoms with van der Waals surface area (Å²) in [6.07, 6.45) is 4.61. The number of para-hydroxylation sites is 1. The molecule has 33 heavy (non-hydrogen) atoms. The number of pyridine rings is 1. The van der Waals surface area contributed by atoms with E-state index in [1.165, 1.54) is 6.20 Å². The Kier molecular flexibility index (Phi) is 6.57. The standard InChI is InChI=1S/C24H15BrN4O4/c25-18-11-17(13-27-14-18)22(30)28-19-7-5-15(6-8-19)23-29-20(24(31)33-23)12-16-3-1-2-4-21(16)32-10-9-26/h1-8,11-14H,10H2,(H,28,30). The molecule has 2 heterocycles. The molecule has 3 aromatic rings. The van der Waals surface area contributed by atoms with Gasteiger partial charge in [-0.2, -0.15) is 5.26 Å². The molecule has 1 aliphatic heterocycles. The predicted octanol–water partition coefficient (Wildman–Crippen LogP) is 4.34. The maximum atomic E-state index is 12.4. The molecule has 1 N–H and O–H groups in total. The molecule has 8 nitrogen and oxygen atoms in total. The van der Waals surface area contributed by atoms with Crippen LogP contribution in [0.4, 0.5) is 5.69 Å². The van der Waals surface area contributed by atoms with E-state index < -0.39 is 5.97 Å². The van der Waals surface area contributed by atoms with Crippen molar-refractivity contribution in [1.82, 2.24) is 4.98 Å². The van der Waals surface area contributed by atoms with Gasteiger partial charge in [0.05, 0.1) is 5.56 Å². The number of rotatable bonds is 6. The third kappa shape index (κ3) is 5.31. The molecular weight excluding hydrogens is 488 g/mol. The highest BCUT2D eigenvalue weighted by atomic mass is 79.9. The van der Waals surface area contributed by atoms with Gasteiger partial charge in [0.15, 0.2) is 12.3 Å². The molecule has 9 heteroatoms. The van der Waals surface area contributed by atoms with E-state index in [2.05, 4.69) is 31.2 Å². The van der Waals surface area contributed by atoms with Crippen LogP contribution in [-0.4, -0.2) is 29.4 Å². The summed E-state index contributed by atoms with van der Waals surface area (Å²) in [6, 6.07) is 17.3. The van der Waals surface area contributed by atoms with Crippen molar-refractivity contribution in [2.45, 2.75) is 0 Å². The molecule has 0 aliphatic carbocycles. The van der Waals surface area contributed by atoms with Gasteiger partial charge in [0.2, 0.25) is 5.90 Å². The first-order valence-electron chi connectivity index (χ1n) is 9.67. The van der Waals surface area contributed by atoms with Gasteiger partial charge in [0.1, 0.15) is 11.8 Å². The molecule has 0 bridgehead atoms. The first-order valence-corrected chi connectivity index (χ1v) is 10.5. The first-order chi connectivity index (χ1) is 16.0. The van der Waals surface area contributed by atoms with Crippen LogP contribution < -0.4 is 10.1 Å². The van der Waals surface area contributed by atoms with Gasteiger partial charge in [-0.3, -0.25) is 9.78 Å². The lowest BCUT2D eigenvalue weighted by atomic mass is 10.1. The average molecular weight is 503 g/mol. The summed E-state index contributed by atoms with van der Waals surface area (Å²) >= 11 is 3.29. The number of hydrogen-bond acceptors (Lipinski definition) is 7. The van der Waals surface area contributed by atoms with Crippen molar-refractivity contribution >= 4 is 45.5 Å². The van der Waals surface area contributed by atoms with E-state index in [0.717, 1.165) is 0 Å². The van der Waals surface area contributed by atoms with Gasteiger partial charge in [-0.1, -0.05) is 18.2 Å². The average Bonchev–Trinajstić information content (AvgIpc) is 3.19. The molecule has 0 saturated carbocycles. The fourth-order valence-corrected chi connectivity index (χ4v) is 3.32. The maximum absolute atomic E-state index is 12.4. The zero-order chi connectivity index (χ0) is 23.2. The van der Waals surface area contributed by atoms with Crippen LogP contribution in [-0.2, 0) is 9.53 Å². The van der Waals surface area contributed by atoms with Gasteiger partial charge in [0.25, 0.3) is 5.91 Å². The normalized spacial score (nSPS) is 13.8. The number of nitrogens with one attached hydrogen (secondary N) is 1. The molecule has 162 valence electrons. The monoisotopic (exact) mass is 502 g/mol. The Bertz CT molecular complexity index is 1330. The Hall–Kier alpha value is -4.29. The maximum Gasteiger partial charge on any atom is 0.363 e. The number of carbonyl (C=O) groups excluding carboxylic acids is 2. The number of aromatic nitrogens is 1. The zero-order valence-corrected chi connectivity index (χ0v) is 18.6. The number of aliphatic imine (C=N–C) groups is 1. The van der Waals surface area contributed by atoms with Gasteiger partial charge in [0, 0.05) is 33.7 Å². The Morgan fingerprint density at radius 3 is 2.73 bits per heavy atom. The minimum absolute atomic E-state index is 0.109. The third-order valence-corrected chi connectivity index (χ3v) is 4.91. The van der Waals surface area contributed by atoms with Crippen molar-refractivity contribution in [3.05, 3.63) is 93.9 Å². The lowest BCUT2D eigenvalue weighted by molar-refractivity contribution is -0.129. The minimum Gasteiger partial charge on any atom is -0.478 e. The van der Waals surface area contributed by atoms with Crippen LogP contribution in [0.3, 0.4) is 0 Å². The Labute approximate surface area is 197 Å². The highest BCUT2D eigenvalue weighted by molar-refractivity contribution is 9.10. The summed E-state index contributed by atoms with van der Waals surface area (Å²) in [4.78, 5) is 32.9. The van der Waals surface area contributed by atoms with Crippen LogP contribution in [0.5, 0.6) is 5.75 Å². The summed E-state index contributed by atoms with van der Waals surface area (Å²) in [5.74, 6) is -0.289. The van der Waals surface area contributed by atoms with Crippen molar-refractivity contribution < 1.29 is 19.1 Å². The van der Waals surface area contributed by atoms with Gasteiger partial charge in [-0.15, -0.1) is 0 Å². The molecule has 0 unspecified atom stereocenters. The Morgan fingerprint density at radius 2 is 1.97 bits per heavy atom. The lowest BCUT2D eigenvalue weighted by Crippen LogP contribution is -2.12. The number of halogens is 1. The number of esters is 1. The third-order valence-electron chi connectivity index (χ3n) is 4.48. The van der Waals surface area contributed by atoms with E-state index in [0.29, 0.717) is 32.6 Å². The largest absolute Gasteiger partial charge is 0.478 e. The molecule has 2 aromatic carbocycles. The first kappa shape index (κ1) is 21.9. The quantitative estimate of drug-likeness (QED) is 0.396. The van der Waals surface area contributed by atoms with Crippen molar-refractivity contribution in [1.29, 1.82) is 5.26 Å². The number of carbonyl (C=O) groups is 2. The number of nitriles is 1. The van der Waals surface area contributed by atoms with Crippen LogP contribution in [0, 0.1) is 11.3 Å². The number of anilines is 1. The summed E-state index contributed by atoms with van der Waals surface area (Å²) in [6.45, 7) is -0.111. The molecular formula is C24H15BrN4O4.